The molecule has 3 fully saturated rings. The van der Waals surface area contributed by atoms with E-state index in [1.807, 2.05) is 6.07 Å². The van der Waals surface area contributed by atoms with E-state index in [-0.39, 0.29) is 44.6 Å². The topological polar surface area (TPSA) is 241 Å². The van der Waals surface area contributed by atoms with Crippen LogP contribution in [0.25, 0.3) is 0 Å². The Hall–Kier alpha value is -6.27. The fourth-order valence-electron chi connectivity index (χ4n) is 8.34. The van der Waals surface area contributed by atoms with E-state index in [0.29, 0.717) is 36.8 Å². The van der Waals surface area contributed by atoms with Crippen LogP contribution in [0, 0.1) is 0 Å². The van der Waals surface area contributed by atoms with E-state index in [0.717, 1.165) is 5.56 Å². The minimum atomic E-state index is -1.35. The van der Waals surface area contributed by atoms with Gasteiger partial charge in [-0.25, -0.2) is 0 Å². The number of nitrogens with zero attached hydrogens (tertiary/aromatic N) is 2. The van der Waals surface area contributed by atoms with Crippen LogP contribution >= 0.6 is 12.6 Å². The lowest BCUT2D eigenvalue weighted by atomic mass is 10.0. The molecule has 0 bridgehead atoms. The fraction of sp³-hybridized carbons (Fsp3) is 0.435. The number of carbonyl (C=O) groups is 8. The van der Waals surface area contributed by atoms with Gasteiger partial charge in [0, 0.05) is 44.6 Å². The summed E-state index contributed by atoms with van der Waals surface area (Å²) in [4.78, 5) is 116. The van der Waals surface area contributed by atoms with Crippen LogP contribution in [-0.4, -0.2) is 131 Å². The molecule has 3 saturated heterocycles. The van der Waals surface area contributed by atoms with E-state index < -0.39 is 95.6 Å². The van der Waals surface area contributed by atoms with Crippen LogP contribution in [0.15, 0.2) is 91.0 Å². The van der Waals surface area contributed by atoms with Gasteiger partial charge in [-0.2, -0.15) is 12.6 Å². The molecule has 3 heterocycles. The molecule has 0 radical (unpaired) electrons. The van der Waals surface area contributed by atoms with Gasteiger partial charge in [-0.15, -0.1) is 0 Å². The van der Waals surface area contributed by atoms with E-state index in [1.165, 1.54) is 16.7 Å². The van der Waals surface area contributed by atoms with E-state index in [1.54, 1.807) is 84.9 Å². The predicted molar refractivity (Wildman–Crippen MR) is 240 cm³/mol. The number of fused-ring (bicyclic) bond motifs is 2. The SMILES string of the molecule is C[C@@H]1NC(=O)[C@H](CN)NC(=O)[C@H](Cc2ccccc2)NC(=O)[C@H](Cc2ccccc2)NC(=O)[C@H](CS)NC(=O)[C@@H]2CCCN2C(=O)[C@H]2CCCN2C(=O)[C@H](Cc2ccccc2)NC1=O. The number of hydrogen-bond donors (Lipinski definition) is 8. The number of nitrogens with two attached hydrogens (primary N) is 1. The van der Waals surface area contributed by atoms with Gasteiger partial charge < -0.3 is 47.4 Å². The van der Waals surface area contributed by atoms with Gasteiger partial charge in [0.15, 0.2) is 0 Å². The molecule has 0 unspecified atom stereocenters. The second-order valence-electron chi connectivity index (χ2n) is 16.4. The van der Waals surface area contributed by atoms with Gasteiger partial charge in [-0.05, 0) is 49.3 Å². The van der Waals surface area contributed by atoms with E-state index in [2.05, 4.69) is 44.5 Å². The Kier molecular flexibility index (Phi) is 16.5. The van der Waals surface area contributed by atoms with Crippen LogP contribution in [0.5, 0.6) is 0 Å². The van der Waals surface area contributed by atoms with E-state index in [4.69, 9.17) is 5.73 Å². The quantitative estimate of drug-likeness (QED) is 0.136. The molecule has 0 saturated carbocycles. The molecular formula is C46H57N9O8S. The highest BCUT2D eigenvalue weighted by atomic mass is 32.1. The number of benzene rings is 3. The maximum Gasteiger partial charge on any atom is 0.246 e. The predicted octanol–water partition coefficient (Wildman–Crippen LogP) is -0.473. The first-order valence-corrected chi connectivity index (χ1v) is 22.4. The fourth-order valence-corrected chi connectivity index (χ4v) is 8.59. The molecule has 0 aromatic heterocycles. The smallest absolute Gasteiger partial charge is 0.246 e. The Morgan fingerprint density at radius 2 is 0.875 bits per heavy atom. The second kappa shape index (κ2) is 22.4. The highest BCUT2D eigenvalue weighted by molar-refractivity contribution is 7.80. The lowest BCUT2D eigenvalue weighted by Gasteiger charge is -2.33. The average Bonchev–Trinajstić information content (AvgIpc) is 4.01. The van der Waals surface area contributed by atoms with Gasteiger partial charge in [0.1, 0.15) is 48.3 Å². The van der Waals surface area contributed by atoms with Crippen molar-refractivity contribution in [2.24, 2.45) is 5.73 Å². The third kappa shape index (κ3) is 12.0. The Bertz CT molecular complexity index is 2150. The van der Waals surface area contributed by atoms with Crippen LogP contribution in [0.3, 0.4) is 0 Å². The molecule has 3 aliphatic heterocycles. The van der Waals surface area contributed by atoms with Gasteiger partial charge >= 0.3 is 0 Å². The number of hydrogen-bond acceptors (Lipinski definition) is 10. The first-order valence-electron chi connectivity index (χ1n) is 21.7. The first kappa shape index (κ1) is 47.2. The molecule has 3 aromatic rings. The molecule has 3 aliphatic rings. The highest BCUT2D eigenvalue weighted by Gasteiger charge is 2.44. The van der Waals surface area contributed by atoms with Crippen molar-refractivity contribution in [3.63, 3.8) is 0 Å². The molecule has 8 amide bonds. The van der Waals surface area contributed by atoms with E-state index >= 15 is 0 Å². The van der Waals surface area contributed by atoms with Crippen molar-refractivity contribution >= 4 is 59.9 Å². The molecule has 0 spiro atoms. The summed E-state index contributed by atoms with van der Waals surface area (Å²) in [6.07, 6.45) is 1.72. The zero-order valence-electron chi connectivity index (χ0n) is 35.7. The Morgan fingerprint density at radius 3 is 1.36 bits per heavy atom. The van der Waals surface area contributed by atoms with Gasteiger partial charge in [0.2, 0.25) is 47.3 Å². The largest absolute Gasteiger partial charge is 0.343 e. The van der Waals surface area contributed by atoms with Crippen LogP contribution in [0.4, 0.5) is 0 Å². The number of thiol groups is 1. The first-order chi connectivity index (χ1) is 30.9. The molecule has 3 aromatic carbocycles. The monoisotopic (exact) mass is 895 g/mol. The molecule has 18 heteroatoms. The maximum atomic E-state index is 14.5. The zero-order valence-corrected chi connectivity index (χ0v) is 36.6. The number of amides is 8. The van der Waals surface area contributed by atoms with Gasteiger partial charge in [-0.1, -0.05) is 91.0 Å². The normalized spacial score (nSPS) is 26.9. The third-order valence-electron chi connectivity index (χ3n) is 11.8. The van der Waals surface area contributed by atoms with Crippen LogP contribution in [-0.2, 0) is 57.6 Å². The van der Waals surface area contributed by atoms with Crippen molar-refractivity contribution in [1.29, 1.82) is 0 Å². The molecule has 64 heavy (non-hydrogen) atoms. The summed E-state index contributed by atoms with van der Waals surface area (Å²) in [7, 11) is 0. The number of nitrogens with one attached hydrogen (secondary N) is 6. The molecule has 8 atom stereocenters. The summed E-state index contributed by atoms with van der Waals surface area (Å²) in [5.74, 6) is -5.36. The third-order valence-corrected chi connectivity index (χ3v) is 12.2. The Morgan fingerprint density at radius 1 is 0.484 bits per heavy atom. The average molecular weight is 896 g/mol. The molecule has 340 valence electrons. The van der Waals surface area contributed by atoms with E-state index in [9.17, 15) is 38.4 Å². The standard InChI is InChI=1S/C46H57N9O8S/c1-28-39(56)51-34(25-31-17-9-4-10-18-31)45(62)55-22-12-20-38(55)46(63)54-21-11-19-37(54)44(61)53-36(27-64)43(60)50-32(23-29-13-5-2-6-14-29)40(57)49-33(24-30-15-7-3-8-16-30)41(58)52-35(26-47)42(59)48-28/h2-10,13-18,28,32-38,64H,11-12,19-27,47H2,1H3,(H,48,59)(H,49,57)(H,50,60)(H,51,56)(H,52,58)(H,53,61)/t28-,32-,33-,34-,35-,36-,37-,38+/m0/s1. The lowest BCUT2D eigenvalue weighted by Crippen LogP contribution is -2.62. The highest BCUT2D eigenvalue weighted by Crippen LogP contribution is 2.26. The van der Waals surface area contributed by atoms with Crippen molar-refractivity contribution in [3.8, 4) is 0 Å². The molecule has 8 N–H and O–H groups in total. The summed E-state index contributed by atoms with van der Waals surface area (Å²) in [6, 6.07) is 17.5. The van der Waals surface area contributed by atoms with Crippen LogP contribution in [0.1, 0.15) is 49.3 Å². The van der Waals surface area contributed by atoms with Crippen molar-refractivity contribution in [1.82, 2.24) is 41.7 Å². The van der Waals surface area contributed by atoms with Crippen molar-refractivity contribution in [3.05, 3.63) is 108 Å². The Balaban J connectivity index is 1.34. The number of rotatable bonds is 8. The minimum Gasteiger partial charge on any atom is -0.343 e. The van der Waals surface area contributed by atoms with Gasteiger partial charge in [0.25, 0.3) is 0 Å². The molecule has 17 nitrogen and oxygen atoms in total. The summed E-state index contributed by atoms with van der Waals surface area (Å²) < 4.78 is 0. The lowest BCUT2D eigenvalue weighted by molar-refractivity contribution is -0.148. The van der Waals surface area contributed by atoms with Crippen molar-refractivity contribution in [2.45, 2.75) is 100 Å². The molecule has 0 aliphatic carbocycles. The maximum absolute atomic E-state index is 14.5. The molecule has 6 rings (SSSR count). The number of carbonyl (C=O) groups excluding carboxylic acids is 8. The summed E-state index contributed by atoms with van der Waals surface area (Å²) >= 11 is 4.37. The van der Waals surface area contributed by atoms with Gasteiger partial charge in [-0.3, -0.25) is 38.4 Å². The van der Waals surface area contributed by atoms with Crippen molar-refractivity contribution < 1.29 is 38.4 Å². The second-order valence-corrected chi connectivity index (χ2v) is 16.8. The van der Waals surface area contributed by atoms with Crippen LogP contribution in [0.2, 0.25) is 0 Å². The molecular weight excluding hydrogens is 839 g/mol. The summed E-state index contributed by atoms with van der Waals surface area (Å²) in [5, 5.41) is 16.3. The van der Waals surface area contributed by atoms with Crippen LogP contribution < -0.4 is 37.6 Å². The summed E-state index contributed by atoms with van der Waals surface area (Å²) in [6.45, 7) is 1.53. The summed E-state index contributed by atoms with van der Waals surface area (Å²) in [5.41, 5.74) is 8.12. The minimum absolute atomic E-state index is 0.00678. The van der Waals surface area contributed by atoms with Crippen molar-refractivity contribution in [2.75, 3.05) is 25.4 Å². The Labute approximate surface area is 377 Å². The zero-order chi connectivity index (χ0) is 45.8. The van der Waals surface area contributed by atoms with Gasteiger partial charge in [0.05, 0.1) is 0 Å².